The second-order valence-electron chi connectivity index (χ2n) is 6.17. The van der Waals surface area contributed by atoms with Crippen LogP contribution in [0.25, 0.3) is 24.3 Å². The summed E-state index contributed by atoms with van der Waals surface area (Å²) in [5.41, 5.74) is 4.57. The first kappa shape index (κ1) is 19.9. The summed E-state index contributed by atoms with van der Waals surface area (Å²) in [6.45, 7) is 0. The summed E-state index contributed by atoms with van der Waals surface area (Å²) < 4.78 is 0. The first-order chi connectivity index (χ1) is 13.7. The molecule has 0 spiro atoms. The lowest BCUT2D eigenvalue weighted by molar-refractivity contribution is 1.61. The topological polar surface area (TPSA) is 0 Å². The Morgan fingerprint density at radius 3 is 1.18 bits per heavy atom. The Kier molecular flexibility index (Phi) is 7.49. The highest BCUT2D eigenvalue weighted by Crippen LogP contribution is 2.15. The van der Waals surface area contributed by atoms with Gasteiger partial charge in [-0.3, -0.25) is 0 Å². The Morgan fingerprint density at radius 1 is 0.429 bits per heavy atom. The van der Waals surface area contributed by atoms with Crippen LogP contribution >= 0.6 is 23.2 Å². The van der Waals surface area contributed by atoms with Crippen molar-refractivity contribution in [3.8, 4) is 0 Å². The monoisotopic (exact) mass is 402 g/mol. The molecule has 0 amide bonds. The van der Waals surface area contributed by atoms with E-state index in [0.717, 1.165) is 21.2 Å². The third kappa shape index (κ3) is 6.42. The van der Waals surface area contributed by atoms with E-state index in [1.165, 1.54) is 11.1 Å². The van der Waals surface area contributed by atoms with Crippen molar-refractivity contribution >= 4 is 47.5 Å². The van der Waals surface area contributed by atoms with Crippen molar-refractivity contribution in [3.05, 3.63) is 129 Å². The second-order valence-corrected chi connectivity index (χ2v) is 7.04. The van der Waals surface area contributed by atoms with E-state index < -0.39 is 0 Å². The average Bonchev–Trinajstić information content (AvgIpc) is 2.72. The summed E-state index contributed by atoms with van der Waals surface area (Å²) >= 11 is 11.8. The molecule has 0 aliphatic rings. The number of halogens is 2. The number of rotatable bonds is 6. The molecule has 2 heteroatoms. The van der Waals surface area contributed by atoms with E-state index in [9.17, 15) is 0 Å². The average molecular weight is 403 g/mol. The lowest BCUT2D eigenvalue weighted by Gasteiger charge is -1.99. The fourth-order valence-electron chi connectivity index (χ4n) is 2.61. The van der Waals surface area contributed by atoms with Gasteiger partial charge in [0.2, 0.25) is 0 Å². The molecule has 0 bridgehead atoms. The van der Waals surface area contributed by atoms with Crippen LogP contribution in [0.1, 0.15) is 22.3 Å². The minimum absolute atomic E-state index is 0.749. The van der Waals surface area contributed by atoms with Gasteiger partial charge in [-0.25, -0.2) is 0 Å². The van der Waals surface area contributed by atoms with Crippen LogP contribution in [0, 0.1) is 0 Å². The molecule has 0 aliphatic heterocycles. The summed E-state index contributed by atoms with van der Waals surface area (Å²) in [5.74, 6) is 0. The Bertz CT molecular complexity index is 921. The maximum Gasteiger partial charge on any atom is 0.0406 e. The predicted octanol–water partition coefficient (Wildman–Crippen LogP) is 8.45. The predicted molar refractivity (Wildman–Crippen MR) is 125 cm³/mol. The van der Waals surface area contributed by atoms with Crippen LogP contribution in [0.3, 0.4) is 0 Å². The van der Waals surface area contributed by atoms with Crippen molar-refractivity contribution in [1.82, 2.24) is 0 Å². The first-order valence-electron chi connectivity index (χ1n) is 9.00. The third-order valence-corrected chi connectivity index (χ3v) is 4.59. The normalized spacial score (nSPS) is 12.1. The van der Waals surface area contributed by atoms with Crippen LogP contribution in [0.5, 0.6) is 0 Å². The van der Waals surface area contributed by atoms with E-state index in [-0.39, 0.29) is 0 Å². The van der Waals surface area contributed by atoms with E-state index in [4.69, 9.17) is 23.2 Å². The zero-order valence-corrected chi connectivity index (χ0v) is 16.8. The SMILES string of the molecule is Clc1ccc(/C=C/C=C/c2ccccc2/C=C/C=C/c2ccc(Cl)cc2)cc1. The smallest absolute Gasteiger partial charge is 0.0406 e. The van der Waals surface area contributed by atoms with Gasteiger partial charge in [0, 0.05) is 10.0 Å². The van der Waals surface area contributed by atoms with Gasteiger partial charge in [0.1, 0.15) is 0 Å². The highest BCUT2D eigenvalue weighted by Gasteiger charge is 1.93. The lowest BCUT2D eigenvalue weighted by Crippen LogP contribution is -1.78. The van der Waals surface area contributed by atoms with E-state index in [2.05, 4.69) is 36.4 Å². The van der Waals surface area contributed by atoms with Crippen LogP contribution in [-0.4, -0.2) is 0 Å². The quantitative estimate of drug-likeness (QED) is 0.362. The molecule has 0 radical (unpaired) electrons. The molecule has 0 fully saturated rings. The number of allylic oxidation sites excluding steroid dienone is 4. The van der Waals surface area contributed by atoms with Crippen LogP contribution in [0.2, 0.25) is 10.0 Å². The lowest BCUT2D eigenvalue weighted by atomic mass is 10.1. The Morgan fingerprint density at radius 2 is 0.786 bits per heavy atom. The van der Waals surface area contributed by atoms with Crippen molar-refractivity contribution < 1.29 is 0 Å². The van der Waals surface area contributed by atoms with Crippen molar-refractivity contribution in [2.75, 3.05) is 0 Å². The molecule has 0 aliphatic carbocycles. The van der Waals surface area contributed by atoms with Crippen LogP contribution in [-0.2, 0) is 0 Å². The Labute approximate surface area is 176 Å². The summed E-state index contributed by atoms with van der Waals surface area (Å²) in [7, 11) is 0. The summed E-state index contributed by atoms with van der Waals surface area (Å²) in [6, 6.07) is 23.9. The molecule has 3 rings (SSSR count). The van der Waals surface area contributed by atoms with Gasteiger partial charge in [-0.1, -0.05) is 120 Å². The fourth-order valence-corrected chi connectivity index (χ4v) is 2.87. The van der Waals surface area contributed by atoms with Crippen molar-refractivity contribution in [2.24, 2.45) is 0 Å². The van der Waals surface area contributed by atoms with Gasteiger partial charge in [-0.15, -0.1) is 0 Å². The van der Waals surface area contributed by atoms with E-state index >= 15 is 0 Å². The number of benzene rings is 3. The van der Waals surface area contributed by atoms with Gasteiger partial charge in [0.15, 0.2) is 0 Å². The Hall–Kier alpha value is -2.80. The molecule has 0 atom stereocenters. The zero-order chi connectivity index (χ0) is 19.6. The van der Waals surface area contributed by atoms with Crippen molar-refractivity contribution in [1.29, 1.82) is 0 Å². The maximum atomic E-state index is 5.91. The molecule has 0 saturated carbocycles. The fraction of sp³-hybridized carbons (Fsp3) is 0. The number of hydrogen-bond donors (Lipinski definition) is 0. The van der Waals surface area contributed by atoms with Crippen LogP contribution in [0.15, 0.2) is 97.1 Å². The Balaban J connectivity index is 1.65. The molecule has 3 aromatic carbocycles. The highest BCUT2D eigenvalue weighted by atomic mass is 35.5. The van der Waals surface area contributed by atoms with Gasteiger partial charge >= 0.3 is 0 Å². The van der Waals surface area contributed by atoms with E-state index in [1.54, 1.807) is 0 Å². The molecule has 3 aromatic rings. The van der Waals surface area contributed by atoms with Gasteiger partial charge in [-0.2, -0.15) is 0 Å². The number of hydrogen-bond acceptors (Lipinski definition) is 0. The molecule has 28 heavy (non-hydrogen) atoms. The maximum absolute atomic E-state index is 5.91. The van der Waals surface area contributed by atoms with Crippen LogP contribution in [0.4, 0.5) is 0 Å². The summed E-state index contributed by atoms with van der Waals surface area (Å²) in [4.78, 5) is 0. The van der Waals surface area contributed by atoms with E-state index in [1.807, 2.05) is 85.0 Å². The van der Waals surface area contributed by atoms with Gasteiger partial charge in [-0.05, 0) is 46.5 Å². The molecule has 0 aromatic heterocycles. The molecule has 0 unspecified atom stereocenters. The first-order valence-corrected chi connectivity index (χ1v) is 9.76. The molecule has 0 heterocycles. The standard InChI is InChI=1S/C26H20Cl2/c27-25-17-13-21(14-18-25)7-1-3-9-23-11-5-6-12-24(23)10-4-2-8-22-15-19-26(28)20-16-22/h1-20H/b7-1+,8-2+,9-3+,10-4+. The molecule has 0 N–H and O–H groups in total. The van der Waals surface area contributed by atoms with Gasteiger partial charge in [0.25, 0.3) is 0 Å². The summed E-state index contributed by atoms with van der Waals surface area (Å²) in [5, 5.41) is 1.50. The highest BCUT2D eigenvalue weighted by molar-refractivity contribution is 6.30. The molecule has 0 nitrogen and oxygen atoms in total. The second kappa shape index (κ2) is 10.5. The minimum atomic E-state index is 0.749. The molecular weight excluding hydrogens is 383 g/mol. The van der Waals surface area contributed by atoms with Gasteiger partial charge in [0.05, 0.1) is 0 Å². The molecule has 138 valence electrons. The van der Waals surface area contributed by atoms with Crippen LogP contribution < -0.4 is 0 Å². The minimum Gasteiger partial charge on any atom is -0.0843 e. The largest absolute Gasteiger partial charge is 0.0843 e. The van der Waals surface area contributed by atoms with E-state index in [0.29, 0.717) is 0 Å². The third-order valence-electron chi connectivity index (χ3n) is 4.09. The van der Waals surface area contributed by atoms with Gasteiger partial charge < -0.3 is 0 Å². The molecule has 0 saturated heterocycles. The van der Waals surface area contributed by atoms with Crippen molar-refractivity contribution in [3.63, 3.8) is 0 Å². The zero-order valence-electron chi connectivity index (χ0n) is 15.3. The van der Waals surface area contributed by atoms with Crippen molar-refractivity contribution in [2.45, 2.75) is 0 Å². The summed E-state index contributed by atoms with van der Waals surface area (Å²) in [6.07, 6.45) is 16.5. The molecular formula is C26H20Cl2.